The van der Waals surface area contributed by atoms with Crippen LogP contribution in [0.5, 0.6) is 0 Å². The van der Waals surface area contributed by atoms with Crippen molar-refractivity contribution in [2.45, 2.75) is 25.7 Å². The monoisotopic (exact) mass is 258 g/mol. The minimum atomic E-state index is -0.150. The molecule has 4 nitrogen and oxygen atoms in total. The summed E-state index contributed by atoms with van der Waals surface area (Å²) in [4.78, 5) is 11.6. The van der Waals surface area contributed by atoms with E-state index < -0.39 is 0 Å². The van der Waals surface area contributed by atoms with E-state index in [4.69, 9.17) is 10.00 Å². The van der Waals surface area contributed by atoms with E-state index in [0.29, 0.717) is 23.8 Å². The number of anilines is 1. The zero-order chi connectivity index (χ0) is 13.5. The summed E-state index contributed by atoms with van der Waals surface area (Å²) in [5.41, 5.74) is 1.27. The largest absolute Gasteiger partial charge is 0.371 e. The summed E-state index contributed by atoms with van der Waals surface area (Å²) >= 11 is 0. The van der Waals surface area contributed by atoms with Crippen LogP contribution in [0.1, 0.15) is 31.2 Å². The summed E-state index contributed by atoms with van der Waals surface area (Å²) in [6.45, 7) is 0.775. The Balaban J connectivity index is 1.69. The molecule has 0 radical (unpaired) electrons. The Labute approximate surface area is 113 Å². The van der Waals surface area contributed by atoms with Gasteiger partial charge >= 0.3 is 0 Å². The number of hydrogen-bond donors (Lipinski definition) is 1. The summed E-state index contributed by atoms with van der Waals surface area (Å²) in [6.07, 6.45) is 5.01. The number of hydrogen-bond acceptors (Lipinski definition) is 3. The molecule has 0 heterocycles. The van der Waals surface area contributed by atoms with E-state index in [1.54, 1.807) is 24.3 Å². The first-order valence-electron chi connectivity index (χ1n) is 6.65. The molecule has 1 aliphatic carbocycles. The van der Waals surface area contributed by atoms with Gasteiger partial charge in [0.2, 0.25) is 5.91 Å². The van der Waals surface area contributed by atoms with Gasteiger partial charge in [-0.25, -0.2) is 0 Å². The van der Waals surface area contributed by atoms with Crippen LogP contribution in [0.3, 0.4) is 0 Å². The van der Waals surface area contributed by atoms with Gasteiger partial charge in [-0.3, -0.25) is 4.79 Å². The van der Waals surface area contributed by atoms with Crippen molar-refractivity contribution < 1.29 is 9.53 Å². The standard InChI is InChI=1S/C15H18N2O2/c16-9-12-5-7-14(8-6-12)17-15(18)11-19-10-13-3-1-2-4-13/h5-8,13H,1-4,10-11H2,(H,17,18). The zero-order valence-electron chi connectivity index (χ0n) is 10.9. The number of rotatable bonds is 5. The molecule has 100 valence electrons. The highest BCUT2D eigenvalue weighted by molar-refractivity contribution is 5.91. The molecule has 4 heteroatoms. The zero-order valence-corrected chi connectivity index (χ0v) is 10.9. The van der Waals surface area contributed by atoms with Crippen LogP contribution in [0, 0.1) is 17.2 Å². The van der Waals surface area contributed by atoms with E-state index in [1.807, 2.05) is 6.07 Å². The fourth-order valence-electron chi connectivity index (χ4n) is 2.32. The van der Waals surface area contributed by atoms with E-state index in [-0.39, 0.29) is 12.5 Å². The lowest BCUT2D eigenvalue weighted by Gasteiger charge is -2.10. The first-order chi connectivity index (χ1) is 9.28. The van der Waals surface area contributed by atoms with Crippen LogP contribution in [0.2, 0.25) is 0 Å². The maximum atomic E-state index is 11.6. The molecule has 1 fully saturated rings. The first-order valence-corrected chi connectivity index (χ1v) is 6.65. The molecule has 19 heavy (non-hydrogen) atoms. The minimum absolute atomic E-state index is 0.0938. The van der Waals surface area contributed by atoms with Crippen molar-refractivity contribution >= 4 is 11.6 Å². The van der Waals surface area contributed by atoms with Crippen molar-refractivity contribution in [2.24, 2.45) is 5.92 Å². The molecule has 1 aromatic carbocycles. The summed E-state index contributed by atoms with van der Waals surface area (Å²) in [6, 6.07) is 8.82. The molecule has 0 unspecified atom stereocenters. The Kier molecular flexibility index (Phi) is 4.93. The Morgan fingerprint density at radius 1 is 1.32 bits per heavy atom. The van der Waals surface area contributed by atoms with E-state index in [0.717, 1.165) is 0 Å². The van der Waals surface area contributed by atoms with Crippen molar-refractivity contribution in [3.05, 3.63) is 29.8 Å². The normalized spacial score (nSPS) is 15.1. The number of nitrogens with zero attached hydrogens (tertiary/aromatic N) is 1. The molecule has 0 aromatic heterocycles. The molecule has 0 spiro atoms. The highest BCUT2D eigenvalue weighted by atomic mass is 16.5. The van der Waals surface area contributed by atoms with Gasteiger partial charge in [-0.05, 0) is 43.0 Å². The maximum absolute atomic E-state index is 11.6. The van der Waals surface area contributed by atoms with Crippen LogP contribution in [0.4, 0.5) is 5.69 Å². The van der Waals surface area contributed by atoms with E-state index in [9.17, 15) is 4.79 Å². The van der Waals surface area contributed by atoms with E-state index >= 15 is 0 Å². The van der Waals surface area contributed by atoms with Crippen LogP contribution in [0.15, 0.2) is 24.3 Å². The van der Waals surface area contributed by atoms with Gasteiger partial charge in [-0.2, -0.15) is 5.26 Å². The number of nitrogens with one attached hydrogen (secondary N) is 1. The molecular weight excluding hydrogens is 240 g/mol. The second kappa shape index (κ2) is 6.91. The van der Waals surface area contributed by atoms with Crippen LogP contribution >= 0.6 is 0 Å². The van der Waals surface area contributed by atoms with Gasteiger partial charge in [0, 0.05) is 5.69 Å². The number of nitriles is 1. The smallest absolute Gasteiger partial charge is 0.250 e. The van der Waals surface area contributed by atoms with E-state index in [2.05, 4.69) is 5.32 Å². The maximum Gasteiger partial charge on any atom is 0.250 e. The van der Waals surface area contributed by atoms with Crippen molar-refractivity contribution in [3.8, 4) is 6.07 Å². The Bertz CT molecular complexity index is 456. The highest BCUT2D eigenvalue weighted by Gasteiger charge is 2.15. The van der Waals surface area contributed by atoms with Crippen molar-refractivity contribution in [2.75, 3.05) is 18.5 Å². The Morgan fingerprint density at radius 2 is 2.00 bits per heavy atom. The summed E-state index contributed by atoms with van der Waals surface area (Å²) in [5.74, 6) is 0.477. The Hall–Kier alpha value is -1.86. The molecule has 0 saturated heterocycles. The second-order valence-corrected chi connectivity index (χ2v) is 4.90. The summed E-state index contributed by atoms with van der Waals surface area (Å²) in [5, 5.41) is 11.4. The third-order valence-corrected chi connectivity index (χ3v) is 3.36. The molecule has 2 rings (SSSR count). The quantitative estimate of drug-likeness (QED) is 0.883. The van der Waals surface area contributed by atoms with Crippen LogP contribution in [-0.2, 0) is 9.53 Å². The minimum Gasteiger partial charge on any atom is -0.371 e. The fourth-order valence-corrected chi connectivity index (χ4v) is 2.32. The van der Waals surface area contributed by atoms with Gasteiger partial charge in [0.1, 0.15) is 6.61 Å². The lowest BCUT2D eigenvalue weighted by atomic mass is 10.1. The second-order valence-electron chi connectivity index (χ2n) is 4.90. The highest BCUT2D eigenvalue weighted by Crippen LogP contribution is 2.24. The SMILES string of the molecule is N#Cc1ccc(NC(=O)COCC2CCCC2)cc1. The molecule has 1 amide bonds. The third kappa shape index (κ3) is 4.38. The number of carbonyl (C=O) groups is 1. The number of benzene rings is 1. The molecule has 0 aliphatic heterocycles. The molecule has 1 aliphatic rings. The van der Waals surface area contributed by atoms with Gasteiger partial charge in [-0.15, -0.1) is 0 Å². The fraction of sp³-hybridized carbons (Fsp3) is 0.467. The average Bonchev–Trinajstić information content (AvgIpc) is 2.93. The molecule has 1 aromatic rings. The number of carbonyl (C=O) groups excluding carboxylic acids is 1. The predicted molar refractivity (Wildman–Crippen MR) is 72.6 cm³/mol. The van der Waals surface area contributed by atoms with E-state index in [1.165, 1.54) is 25.7 Å². The van der Waals surface area contributed by atoms with Gasteiger partial charge in [-0.1, -0.05) is 12.8 Å². The Morgan fingerprint density at radius 3 is 2.63 bits per heavy atom. The van der Waals surface area contributed by atoms with Crippen LogP contribution in [0.25, 0.3) is 0 Å². The lowest BCUT2D eigenvalue weighted by Crippen LogP contribution is -2.20. The summed E-state index contributed by atoms with van der Waals surface area (Å²) < 4.78 is 5.43. The van der Waals surface area contributed by atoms with Crippen molar-refractivity contribution in [1.29, 1.82) is 5.26 Å². The molecule has 0 bridgehead atoms. The van der Waals surface area contributed by atoms with Crippen LogP contribution < -0.4 is 5.32 Å². The molecule has 0 atom stereocenters. The van der Waals surface area contributed by atoms with Gasteiger partial charge < -0.3 is 10.1 Å². The predicted octanol–water partition coefficient (Wildman–Crippen LogP) is 2.70. The van der Waals surface area contributed by atoms with Gasteiger partial charge in [0.05, 0.1) is 18.2 Å². The van der Waals surface area contributed by atoms with Crippen molar-refractivity contribution in [1.82, 2.24) is 0 Å². The topological polar surface area (TPSA) is 62.1 Å². The van der Waals surface area contributed by atoms with Crippen molar-refractivity contribution in [3.63, 3.8) is 0 Å². The third-order valence-electron chi connectivity index (χ3n) is 3.36. The van der Waals surface area contributed by atoms with Gasteiger partial charge in [0.15, 0.2) is 0 Å². The average molecular weight is 258 g/mol. The first kappa shape index (κ1) is 13.6. The molecular formula is C15H18N2O2. The van der Waals surface area contributed by atoms with Gasteiger partial charge in [0.25, 0.3) is 0 Å². The van der Waals surface area contributed by atoms with Crippen LogP contribution in [-0.4, -0.2) is 19.1 Å². The molecule has 1 N–H and O–H groups in total. The number of amides is 1. The summed E-state index contributed by atoms with van der Waals surface area (Å²) in [7, 11) is 0. The number of ether oxygens (including phenoxy) is 1. The molecule has 1 saturated carbocycles. The lowest BCUT2D eigenvalue weighted by molar-refractivity contribution is -0.121.